The van der Waals surface area contributed by atoms with Crippen LogP contribution in [0.15, 0.2) is 30.3 Å². The maximum atomic E-state index is 9.10. The summed E-state index contributed by atoms with van der Waals surface area (Å²) in [6.45, 7) is 0.694. The second-order valence-electron chi connectivity index (χ2n) is 3.44. The lowest BCUT2D eigenvalue weighted by atomic mass is 9.99. The molecule has 1 saturated heterocycles. The Labute approximate surface area is 97.6 Å². The normalized spacial score (nSPS) is 21.7. The Kier molecular flexibility index (Phi) is 4.62. The van der Waals surface area contributed by atoms with Crippen LogP contribution in [-0.2, 0) is 14.3 Å². The molecule has 1 aliphatic heterocycles. The average Bonchev–Trinajstić information content (AvgIpc) is 2.29. The largest absolute Gasteiger partial charge is 0.473 e. The number of hydrogen-bond acceptors (Lipinski definition) is 4. The minimum Gasteiger partial charge on any atom is -0.473 e. The summed E-state index contributed by atoms with van der Waals surface area (Å²) >= 11 is 0. The van der Waals surface area contributed by atoms with Gasteiger partial charge in [0.2, 0.25) is 0 Å². The average molecular weight is 239 g/mol. The van der Waals surface area contributed by atoms with Gasteiger partial charge in [-0.05, 0) is 5.56 Å². The van der Waals surface area contributed by atoms with Gasteiger partial charge in [-0.2, -0.15) is 0 Å². The lowest BCUT2D eigenvalue weighted by Gasteiger charge is -2.34. The zero-order chi connectivity index (χ0) is 12.8. The van der Waals surface area contributed by atoms with Gasteiger partial charge >= 0.3 is 11.9 Å². The second kappa shape index (κ2) is 5.97. The third kappa shape index (κ3) is 3.86. The van der Waals surface area contributed by atoms with Crippen molar-refractivity contribution in [3.05, 3.63) is 35.9 Å². The SMILES string of the molecule is N[C@@H]1CO[C@H]1c1ccccc1.O=C(O)C(=O)O. The molecule has 6 heteroatoms. The molecule has 0 spiro atoms. The molecule has 0 radical (unpaired) electrons. The van der Waals surface area contributed by atoms with Gasteiger partial charge in [0.05, 0.1) is 18.8 Å². The topological polar surface area (TPSA) is 110 Å². The van der Waals surface area contributed by atoms with Crippen molar-refractivity contribution in [1.82, 2.24) is 0 Å². The number of carboxylic acid groups (broad SMARTS) is 2. The molecule has 0 amide bonds. The fraction of sp³-hybridized carbons (Fsp3) is 0.273. The molecule has 92 valence electrons. The maximum absolute atomic E-state index is 9.10. The number of aliphatic carboxylic acids is 2. The van der Waals surface area contributed by atoms with Crippen LogP contribution in [0.3, 0.4) is 0 Å². The van der Waals surface area contributed by atoms with Crippen LogP contribution in [0.1, 0.15) is 11.7 Å². The number of rotatable bonds is 1. The molecule has 1 aromatic rings. The smallest absolute Gasteiger partial charge is 0.414 e. The van der Waals surface area contributed by atoms with E-state index in [0.717, 1.165) is 0 Å². The quantitative estimate of drug-likeness (QED) is 0.605. The fourth-order valence-corrected chi connectivity index (χ4v) is 1.29. The van der Waals surface area contributed by atoms with E-state index in [-0.39, 0.29) is 12.1 Å². The predicted octanol–water partition coefficient (Wildman–Crippen LogP) is 0.241. The number of nitrogens with two attached hydrogens (primary N) is 1. The molecule has 17 heavy (non-hydrogen) atoms. The molecule has 1 aromatic carbocycles. The summed E-state index contributed by atoms with van der Waals surface area (Å²) in [4.78, 5) is 18.2. The molecule has 1 aliphatic rings. The zero-order valence-electron chi connectivity index (χ0n) is 8.95. The van der Waals surface area contributed by atoms with E-state index >= 15 is 0 Å². The van der Waals surface area contributed by atoms with Crippen molar-refractivity contribution >= 4 is 11.9 Å². The van der Waals surface area contributed by atoms with Crippen LogP contribution in [-0.4, -0.2) is 34.8 Å². The summed E-state index contributed by atoms with van der Waals surface area (Å²) in [5.74, 6) is -3.65. The number of carbonyl (C=O) groups is 2. The van der Waals surface area contributed by atoms with Gasteiger partial charge in [0.25, 0.3) is 0 Å². The fourth-order valence-electron chi connectivity index (χ4n) is 1.29. The lowest BCUT2D eigenvalue weighted by molar-refractivity contribution is -0.159. The monoisotopic (exact) mass is 239 g/mol. The predicted molar refractivity (Wildman–Crippen MR) is 58.4 cm³/mol. The van der Waals surface area contributed by atoms with E-state index in [4.69, 9.17) is 30.3 Å². The van der Waals surface area contributed by atoms with Crippen LogP contribution < -0.4 is 5.73 Å². The minimum atomic E-state index is -1.82. The van der Waals surface area contributed by atoms with Gasteiger partial charge in [-0.3, -0.25) is 0 Å². The summed E-state index contributed by atoms with van der Waals surface area (Å²) in [6, 6.07) is 10.3. The first-order valence-corrected chi connectivity index (χ1v) is 4.90. The van der Waals surface area contributed by atoms with E-state index in [1.165, 1.54) is 5.56 Å². The summed E-state index contributed by atoms with van der Waals surface area (Å²) in [5, 5.41) is 14.8. The van der Waals surface area contributed by atoms with Crippen molar-refractivity contribution in [2.75, 3.05) is 6.61 Å². The summed E-state index contributed by atoms with van der Waals surface area (Å²) in [7, 11) is 0. The molecule has 2 rings (SSSR count). The van der Waals surface area contributed by atoms with Crippen LogP contribution in [0.5, 0.6) is 0 Å². The van der Waals surface area contributed by atoms with E-state index in [9.17, 15) is 0 Å². The van der Waals surface area contributed by atoms with Gasteiger partial charge in [0, 0.05) is 0 Å². The first-order chi connectivity index (χ1) is 8.02. The summed E-state index contributed by atoms with van der Waals surface area (Å²) in [6.07, 6.45) is 0.135. The lowest BCUT2D eigenvalue weighted by Crippen LogP contribution is -2.44. The zero-order valence-corrected chi connectivity index (χ0v) is 8.95. The Bertz CT molecular complexity index is 380. The van der Waals surface area contributed by atoms with E-state index in [2.05, 4.69) is 0 Å². The molecule has 6 nitrogen and oxygen atoms in total. The Hall–Kier alpha value is -1.92. The van der Waals surface area contributed by atoms with Gasteiger partial charge in [-0.25, -0.2) is 9.59 Å². The molecule has 2 atom stereocenters. The number of hydrogen-bond donors (Lipinski definition) is 3. The van der Waals surface area contributed by atoms with Crippen LogP contribution in [0.25, 0.3) is 0 Å². The molecular formula is C11H13NO5. The molecule has 0 aromatic heterocycles. The van der Waals surface area contributed by atoms with E-state index in [0.29, 0.717) is 6.61 Å². The third-order valence-corrected chi connectivity index (χ3v) is 2.17. The molecular weight excluding hydrogens is 226 g/mol. The molecule has 0 saturated carbocycles. The molecule has 4 N–H and O–H groups in total. The highest BCUT2D eigenvalue weighted by atomic mass is 16.5. The van der Waals surface area contributed by atoms with Crippen molar-refractivity contribution in [1.29, 1.82) is 0 Å². The van der Waals surface area contributed by atoms with E-state index in [1.807, 2.05) is 30.3 Å². The first kappa shape index (κ1) is 13.1. The highest BCUT2D eigenvalue weighted by molar-refractivity contribution is 6.27. The standard InChI is InChI=1S/C9H11NO.C2H2O4/c10-8-6-11-9(8)7-4-2-1-3-5-7;3-1(4)2(5)6/h1-5,8-9H,6,10H2;(H,3,4)(H,5,6)/t8-,9+;/m1./s1. The summed E-state index contributed by atoms with van der Waals surface area (Å²) < 4.78 is 5.30. The summed E-state index contributed by atoms with van der Waals surface area (Å²) in [5.41, 5.74) is 6.92. The van der Waals surface area contributed by atoms with Gasteiger partial charge < -0.3 is 20.7 Å². The van der Waals surface area contributed by atoms with Crippen molar-refractivity contribution in [2.24, 2.45) is 5.73 Å². The van der Waals surface area contributed by atoms with Crippen LogP contribution >= 0.6 is 0 Å². The highest BCUT2D eigenvalue weighted by Gasteiger charge is 2.29. The Morgan fingerprint density at radius 2 is 1.71 bits per heavy atom. The third-order valence-electron chi connectivity index (χ3n) is 2.17. The van der Waals surface area contributed by atoms with Crippen LogP contribution in [0, 0.1) is 0 Å². The van der Waals surface area contributed by atoms with Gasteiger partial charge in [0.1, 0.15) is 0 Å². The van der Waals surface area contributed by atoms with Gasteiger partial charge in [0.15, 0.2) is 0 Å². The highest BCUT2D eigenvalue weighted by Crippen LogP contribution is 2.27. The van der Waals surface area contributed by atoms with E-state index in [1.54, 1.807) is 0 Å². The van der Waals surface area contributed by atoms with Gasteiger partial charge in [-0.15, -0.1) is 0 Å². The Balaban J connectivity index is 0.000000209. The van der Waals surface area contributed by atoms with Crippen molar-refractivity contribution < 1.29 is 24.5 Å². The molecule has 0 unspecified atom stereocenters. The number of benzene rings is 1. The van der Waals surface area contributed by atoms with E-state index < -0.39 is 11.9 Å². The first-order valence-electron chi connectivity index (χ1n) is 4.90. The molecule has 0 bridgehead atoms. The molecule has 1 heterocycles. The second-order valence-corrected chi connectivity index (χ2v) is 3.44. The number of ether oxygens (including phenoxy) is 1. The number of carboxylic acids is 2. The van der Waals surface area contributed by atoms with Crippen molar-refractivity contribution in [3.63, 3.8) is 0 Å². The Morgan fingerprint density at radius 3 is 2.00 bits per heavy atom. The maximum Gasteiger partial charge on any atom is 0.414 e. The van der Waals surface area contributed by atoms with Crippen molar-refractivity contribution in [2.45, 2.75) is 12.1 Å². The molecule has 1 fully saturated rings. The molecule has 0 aliphatic carbocycles. The van der Waals surface area contributed by atoms with Crippen LogP contribution in [0.2, 0.25) is 0 Å². The van der Waals surface area contributed by atoms with Gasteiger partial charge in [-0.1, -0.05) is 30.3 Å². The Morgan fingerprint density at radius 1 is 1.18 bits per heavy atom. The van der Waals surface area contributed by atoms with Crippen LogP contribution in [0.4, 0.5) is 0 Å². The minimum absolute atomic E-state index is 0.135. The van der Waals surface area contributed by atoms with Crippen molar-refractivity contribution in [3.8, 4) is 0 Å².